The molecule has 0 rings (SSSR count). The van der Waals surface area contributed by atoms with Crippen molar-refractivity contribution in [3.8, 4) is 0 Å². The summed E-state index contributed by atoms with van der Waals surface area (Å²) in [5.41, 5.74) is 0. The van der Waals surface area contributed by atoms with Gasteiger partial charge in [-0.3, -0.25) is 4.79 Å². The van der Waals surface area contributed by atoms with E-state index in [0.717, 1.165) is 0 Å². The van der Waals surface area contributed by atoms with Gasteiger partial charge in [0.05, 0.1) is 0 Å². The highest BCUT2D eigenvalue weighted by Gasteiger charge is 1.91. The fraction of sp³-hybridized carbons (Fsp3) is 0.889. The topological polar surface area (TPSA) is 29.1 Å². The van der Waals surface area contributed by atoms with Crippen molar-refractivity contribution >= 4 is 5.91 Å². The maximum Gasteiger partial charge on any atom is 0.219 e. The van der Waals surface area contributed by atoms with E-state index in [1.807, 2.05) is 27.7 Å². The molecule has 0 saturated heterocycles. The quantitative estimate of drug-likeness (QED) is 0.708. The van der Waals surface area contributed by atoms with E-state index in [2.05, 4.69) is 5.32 Å². The zero-order valence-electron chi connectivity index (χ0n) is 8.91. The van der Waals surface area contributed by atoms with E-state index in [4.69, 9.17) is 0 Å². The molecule has 0 heterocycles. The largest absolute Gasteiger partial charge is 0.353 e. The maximum absolute atomic E-state index is 11.3. The van der Waals surface area contributed by atoms with Gasteiger partial charge in [0.2, 0.25) is 5.91 Å². The predicted molar refractivity (Wildman–Crippen MR) is 52.0 cm³/mol. The summed E-state index contributed by atoms with van der Waals surface area (Å²) >= 11 is 0. The molecule has 0 aliphatic heterocycles. The second kappa shape index (κ2) is 22.4. The van der Waals surface area contributed by atoms with Crippen molar-refractivity contribution in [3.63, 3.8) is 0 Å². The lowest BCUT2D eigenvalue weighted by molar-refractivity contribution is -0.120. The molecule has 0 aromatic heterocycles. The van der Waals surface area contributed by atoms with Crippen LogP contribution in [0.15, 0.2) is 0 Å². The molecule has 1 amide bonds. The van der Waals surface area contributed by atoms with E-state index in [-0.39, 0.29) is 12.5 Å². The number of rotatable bonds is 3. The molecule has 0 aliphatic carbocycles. The minimum atomic E-state index is -0.480. The summed E-state index contributed by atoms with van der Waals surface area (Å²) in [6.07, 6.45) is 0.431. The van der Waals surface area contributed by atoms with E-state index in [0.29, 0.717) is 6.42 Å². The van der Waals surface area contributed by atoms with Crippen molar-refractivity contribution in [1.29, 1.82) is 0 Å². The Morgan fingerprint density at radius 1 is 1.25 bits per heavy atom. The van der Waals surface area contributed by atoms with E-state index < -0.39 is 6.67 Å². The van der Waals surface area contributed by atoms with Crippen LogP contribution in [0, 0.1) is 0 Å². The predicted octanol–water partition coefficient (Wildman–Crippen LogP) is 2.53. The Labute approximate surface area is 75.5 Å². The molecule has 0 aromatic carbocycles. The van der Waals surface area contributed by atoms with Crippen molar-refractivity contribution in [2.45, 2.75) is 41.0 Å². The molecule has 76 valence electrons. The minimum Gasteiger partial charge on any atom is -0.353 e. The summed E-state index contributed by atoms with van der Waals surface area (Å²) in [6, 6.07) is 0. The molecule has 0 aliphatic rings. The average molecular weight is 179 g/mol. The molecular formula is C9H22FNO. The third-order valence-electron chi connectivity index (χ3n) is 0.738. The fourth-order valence-electron chi connectivity index (χ4n) is 0.312. The molecule has 2 nitrogen and oxygen atoms in total. The van der Waals surface area contributed by atoms with Gasteiger partial charge in [-0.15, -0.1) is 0 Å². The van der Waals surface area contributed by atoms with Crippen LogP contribution < -0.4 is 5.32 Å². The molecule has 3 heteroatoms. The van der Waals surface area contributed by atoms with Crippen LogP contribution in [0.4, 0.5) is 4.39 Å². The highest BCUT2D eigenvalue weighted by Crippen LogP contribution is 1.73. The number of carbonyl (C=O) groups is 1. The first-order chi connectivity index (χ1) is 5.81. The van der Waals surface area contributed by atoms with Gasteiger partial charge < -0.3 is 5.32 Å². The highest BCUT2D eigenvalue weighted by atomic mass is 19.1. The second-order valence-electron chi connectivity index (χ2n) is 1.39. The summed E-state index contributed by atoms with van der Waals surface area (Å²) in [5, 5.41) is 2.37. The average Bonchev–Trinajstić information content (AvgIpc) is 2.20. The summed E-state index contributed by atoms with van der Waals surface area (Å²) in [4.78, 5) is 10.3. The molecule has 0 spiro atoms. The first-order valence-corrected chi connectivity index (χ1v) is 4.64. The second-order valence-corrected chi connectivity index (χ2v) is 1.39. The van der Waals surface area contributed by atoms with Crippen molar-refractivity contribution in [1.82, 2.24) is 5.32 Å². The third kappa shape index (κ3) is 22.7. The number of nitrogens with one attached hydrogen (secondary N) is 1. The number of alkyl halides is 1. The van der Waals surface area contributed by atoms with Crippen molar-refractivity contribution in [3.05, 3.63) is 0 Å². The third-order valence-corrected chi connectivity index (χ3v) is 0.738. The van der Waals surface area contributed by atoms with Gasteiger partial charge in [0.1, 0.15) is 6.67 Å². The van der Waals surface area contributed by atoms with Crippen LogP contribution in [0.5, 0.6) is 0 Å². The monoisotopic (exact) mass is 179 g/mol. The Balaban J connectivity index is -0.000000175. The standard InChI is InChI=1S/C5H10FNO.2C2H6/c1-2-5(8)7-4-3-6;2*1-2/h2-4H2,1H3,(H,7,8);2*1-2H3. The van der Waals surface area contributed by atoms with Gasteiger partial charge >= 0.3 is 0 Å². The van der Waals surface area contributed by atoms with Crippen LogP contribution in [0.1, 0.15) is 41.0 Å². The normalized spacial score (nSPS) is 6.83. The number of hydrogen-bond acceptors (Lipinski definition) is 1. The number of halogens is 1. The van der Waals surface area contributed by atoms with Gasteiger partial charge in [-0.05, 0) is 0 Å². The molecule has 12 heavy (non-hydrogen) atoms. The summed E-state index contributed by atoms with van der Waals surface area (Å²) < 4.78 is 11.3. The lowest BCUT2D eigenvalue weighted by Gasteiger charge is -1.95. The highest BCUT2D eigenvalue weighted by molar-refractivity contribution is 5.75. The lowest BCUT2D eigenvalue weighted by atomic mass is 10.4. The Kier molecular flexibility index (Phi) is 32.7. The van der Waals surface area contributed by atoms with E-state index in [1.165, 1.54) is 0 Å². The molecule has 0 saturated carbocycles. The summed E-state index contributed by atoms with van der Waals surface area (Å²) in [7, 11) is 0. The Hall–Kier alpha value is -0.600. The van der Waals surface area contributed by atoms with Crippen LogP contribution in [0.25, 0.3) is 0 Å². The number of carbonyl (C=O) groups excluding carboxylic acids is 1. The van der Waals surface area contributed by atoms with Crippen LogP contribution in [-0.4, -0.2) is 19.1 Å². The zero-order chi connectivity index (χ0) is 10.4. The maximum atomic E-state index is 11.3. The summed E-state index contributed by atoms with van der Waals surface area (Å²) in [6.45, 7) is 9.39. The molecule has 0 unspecified atom stereocenters. The lowest BCUT2D eigenvalue weighted by Crippen LogP contribution is -2.24. The molecular weight excluding hydrogens is 157 g/mol. The first kappa shape index (κ1) is 17.5. The fourth-order valence-corrected chi connectivity index (χ4v) is 0.312. The van der Waals surface area contributed by atoms with Gasteiger partial charge in [-0.25, -0.2) is 4.39 Å². The minimum absolute atomic E-state index is 0.0948. The molecule has 0 bridgehead atoms. The van der Waals surface area contributed by atoms with Crippen LogP contribution >= 0.6 is 0 Å². The number of hydrogen-bond donors (Lipinski definition) is 1. The van der Waals surface area contributed by atoms with E-state index in [9.17, 15) is 9.18 Å². The Morgan fingerprint density at radius 2 is 1.67 bits per heavy atom. The van der Waals surface area contributed by atoms with Crippen molar-refractivity contribution in [2.75, 3.05) is 13.2 Å². The summed E-state index contributed by atoms with van der Waals surface area (Å²) in [5.74, 6) is -0.0948. The molecule has 0 fully saturated rings. The van der Waals surface area contributed by atoms with Crippen molar-refractivity contribution < 1.29 is 9.18 Å². The molecule has 0 atom stereocenters. The van der Waals surface area contributed by atoms with Gasteiger partial charge in [0.15, 0.2) is 0 Å². The SMILES string of the molecule is CC.CC.CCC(=O)NCCF. The van der Waals surface area contributed by atoms with Gasteiger partial charge in [0.25, 0.3) is 0 Å². The molecule has 0 aromatic rings. The van der Waals surface area contributed by atoms with E-state index >= 15 is 0 Å². The molecule has 1 N–H and O–H groups in total. The number of amides is 1. The van der Waals surface area contributed by atoms with Gasteiger partial charge in [-0.2, -0.15) is 0 Å². The van der Waals surface area contributed by atoms with Crippen LogP contribution in [0.2, 0.25) is 0 Å². The smallest absolute Gasteiger partial charge is 0.219 e. The van der Waals surface area contributed by atoms with Gasteiger partial charge in [-0.1, -0.05) is 34.6 Å². The van der Waals surface area contributed by atoms with Crippen LogP contribution in [-0.2, 0) is 4.79 Å². The zero-order valence-corrected chi connectivity index (χ0v) is 8.91. The van der Waals surface area contributed by atoms with Crippen molar-refractivity contribution in [2.24, 2.45) is 0 Å². The molecule has 0 radical (unpaired) electrons. The van der Waals surface area contributed by atoms with E-state index in [1.54, 1.807) is 6.92 Å². The Morgan fingerprint density at radius 3 is 1.92 bits per heavy atom. The first-order valence-electron chi connectivity index (χ1n) is 4.64. The Bertz CT molecular complexity index is 76.9. The van der Waals surface area contributed by atoms with Gasteiger partial charge in [0, 0.05) is 13.0 Å². The van der Waals surface area contributed by atoms with Crippen LogP contribution in [0.3, 0.4) is 0 Å².